The molecule has 0 bridgehead atoms. The van der Waals surface area contributed by atoms with Gasteiger partial charge < -0.3 is 15.2 Å². The fourth-order valence-corrected chi connectivity index (χ4v) is 3.93. The van der Waals surface area contributed by atoms with Crippen LogP contribution >= 0.6 is 11.8 Å². The largest absolute Gasteiger partial charge is 0.497 e. The summed E-state index contributed by atoms with van der Waals surface area (Å²) in [6.07, 6.45) is 3.42. The van der Waals surface area contributed by atoms with Crippen LogP contribution in [-0.4, -0.2) is 36.4 Å². The van der Waals surface area contributed by atoms with Gasteiger partial charge in [-0.25, -0.2) is 0 Å². The maximum atomic E-state index is 9.08. The van der Waals surface area contributed by atoms with Gasteiger partial charge in [0.05, 0.1) is 13.7 Å². The van der Waals surface area contributed by atoms with Gasteiger partial charge in [0, 0.05) is 17.0 Å². The summed E-state index contributed by atoms with van der Waals surface area (Å²) in [5.41, 5.74) is 2.81. The zero-order valence-corrected chi connectivity index (χ0v) is 13.2. The lowest BCUT2D eigenvalue weighted by Crippen LogP contribution is -2.35. The Morgan fingerprint density at radius 2 is 2.30 bits per heavy atom. The van der Waals surface area contributed by atoms with Gasteiger partial charge in [-0.2, -0.15) is 11.8 Å². The third kappa shape index (κ3) is 3.68. The summed E-state index contributed by atoms with van der Waals surface area (Å²) in [5.74, 6) is 1.74. The summed E-state index contributed by atoms with van der Waals surface area (Å²) in [4.78, 5) is 0. The zero-order valence-electron chi connectivity index (χ0n) is 12.4. The molecule has 0 heterocycles. The van der Waals surface area contributed by atoms with Crippen molar-refractivity contribution in [2.75, 3.05) is 26.0 Å². The molecule has 0 spiro atoms. The maximum absolute atomic E-state index is 9.08. The Bertz CT molecular complexity index is 425. The van der Waals surface area contributed by atoms with Crippen LogP contribution in [0.15, 0.2) is 18.2 Å². The Hall–Kier alpha value is -0.710. The minimum absolute atomic E-state index is 0.257. The highest BCUT2D eigenvalue weighted by atomic mass is 32.2. The summed E-state index contributed by atoms with van der Waals surface area (Å²) in [6.45, 7) is 3.47. The standard InChI is InChI=1S/C16H25NO2S/c1-3-8-17-16-14-11-13(19-2)6-4-12(14)5-7-15(16)20-10-9-18/h4,6,11,15-18H,3,5,7-10H2,1-2H3. The van der Waals surface area contributed by atoms with Gasteiger partial charge in [-0.05, 0) is 49.1 Å². The lowest BCUT2D eigenvalue weighted by Gasteiger charge is -2.34. The molecule has 0 aliphatic heterocycles. The Morgan fingerprint density at radius 3 is 3.00 bits per heavy atom. The third-order valence-corrected chi connectivity index (χ3v) is 5.15. The molecule has 4 heteroatoms. The SMILES string of the molecule is CCCNC1c2cc(OC)ccc2CCC1SCCO. The van der Waals surface area contributed by atoms with Crippen molar-refractivity contribution in [3.05, 3.63) is 29.3 Å². The van der Waals surface area contributed by atoms with Crippen molar-refractivity contribution in [2.45, 2.75) is 37.5 Å². The molecule has 1 aromatic carbocycles. The number of methoxy groups -OCH3 is 1. The molecule has 20 heavy (non-hydrogen) atoms. The number of ether oxygens (including phenoxy) is 1. The van der Waals surface area contributed by atoms with E-state index in [0.29, 0.717) is 11.3 Å². The van der Waals surface area contributed by atoms with Crippen LogP contribution in [0.5, 0.6) is 5.75 Å². The Kier molecular flexibility index (Phi) is 6.20. The van der Waals surface area contributed by atoms with Gasteiger partial charge in [-0.15, -0.1) is 0 Å². The van der Waals surface area contributed by atoms with Crippen LogP contribution in [0.25, 0.3) is 0 Å². The van der Waals surface area contributed by atoms with Gasteiger partial charge in [0.15, 0.2) is 0 Å². The van der Waals surface area contributed by atoms with E-state index < -0.39 is 0 Å². The molecular weight excluding hydrogens is 270 g/mol. The van der Waals surface area contributed by atoms with Crippen molar-refractivity contribution in [3.8, 4) is 5.75 Å². The minimum Gasteiger partial charge on any atom is -0.497 e. The number of benzene rings is 1. The topological polar surface area (TPSA) is 41.5 Å². The lowest BCUT2D eigenvalue weighted by molar-refractivity contribution is 0.322. The zero-order chi connectivity index (χ0) is 14.4. The average Bonchev–Trinajstić information content (AvgIpc) is 2.50. The van der Waals surface area contributed by atoms with Gasteiger partial charge >= 0.3 is 0 Å². The van der Waals surface area contributed by atoms with Crippen LogP contribution in [-0.2, 0) is 6.42 Å². The molecule has 2 rings (SSSR count). The van der Waals surface area contributed by atoms with Crippen LogP contribution in [0, 0.1) is 0 Å². The molecule has 2 unspecified atom stereocenters. The molecule has 0 amide bonds. The van der Waals surface area contributed by atoms with Crippen LogP contribution < -0.4 is 10.1 Å². The first-order valence-electron chi connectivity index (χ1n) is 7.42. The number of rotatable bonds is 7. The van der Waals surface area contributed by atoms with Crippen molar-refractivity contribution in [1.29, 1.82) is 0 Å². The molecule has 0 fully saturated rings. The summed E-state index contributed by atoms with van der Waals surface area (Å²) in [7, 11) is 1.72. The summed E-state index contributed by atoms with van der Waals surface area (Å²) in [6, 6.07) is 6.79. The number of hydrogen-bond acceptors (Lipinski definition) is 4. The molecule has 3 nitrogen and oxygen atoms in total. The number of aliphatic hydroxyl groups excluding tert-OH is 1. The number of fused-ring (bicyclic) bond motifs is 1. The van der Waals surface area contributed by atoms with Gasteiger partial charge in [-0.1, -0.05) is 13.0 Å². The first kappa shape index (κ1) is 15.7. The van der Waals surface area contributed by atoms with Crippen molar-refractivity contribution in [2.24, 2.45) is 0 Å². The number of hydrogen-bond donors (Lipinski definition) is 2. The predicted molar refractivity (Wildman–Crippen MR) is 85.7 cm³/mol. The molecule has 1 aliphatic rings. The first-order chi connectivity index (χ1) is 9.80. The highest BCUT2D eigenvalue weighted by Gasteiger charge is 2.29. The number of aryl methyl sites for hydroxylation is 1. The molecule has 0 saturated carbocycles. The second kappa shape index (κ2) is 7.91. The average molecular weight is 295 g/mol. The van der Waals surface area contributed by atoms with Crippen LogP contribution in [0.3, 0.4) is 0 Å². The van der Waals surface area contributed by atoms with Gasteiger partial charge in [-0.3, -0.25) is 0 Å². The van der Waals surface area contributed by atoms with Crippen molar-refractivity contribution < 1.29 is 9.84 Å². The molecule has 1 aromatic rings. The first-order valence-corrected chi connectivity index (χ1v) is 8.47. The highest BCUT2D eigenvalue weighted by molar-refractivity contribution is 7.99. The van der Waals surface area contributed by atoms with E-state index in [9.17, 15) is 0 Å². The molecule has 0 aromatic heterocycles. The lowest BCUT2D eigenvalue weighted by atomic mass is 9.87. The number of nitrogens with one attached hydrogen (secondary N) is 1. The van der Waals surface area contributed by atoms with Crippen LogP contribution in [0.1, 0.15) is 36.9 Å². The molecule has 2 N–H and O–H groups in total. The Labute approximate surface area is 126 Å². The van der Waals surface area contributed by atoms with E-state index >= 15 is 0 Å². The van der Waals surface area contributed by atoms with E-state index in [1.54, 1.807) is 7.11 Å². The monoisotopic (exact) mass is 295 g/mol. The smallest absolute Gasteiger partial charge is 0.119 e. The predicted octanol–water partition coefficient (Wildman–Crippen LogP) is 2.78. The summed E-state index contributed by atoms with van der Waals surface area (Å²) < 4.78 is 5.37. The van der Waals surface area contributed by atoms with Gasteiger partial charge in [0.1, 0.15) is 5.75 Å². The molecule has 0 radical (unpaired) electrons. The Morgan fingerprint density at radius 1 is 1.45 bits per heavy atom. The summed E-state index contributed by atoms with van der Waals surface area (Å²) >= 11 is 1.88. The molecule has 2 atom stereocenters. The van der Waals surface area contributed by atoms with Crippen molar-refractivity contribution >= 4 is 11.8 Å². The molecule has 0 saturated heterocycles. The van der Waals surface area contributed by atoms with E-state index in [4.69, 9.17) is 9.84 Å². The second-order valence-electron chi connectivity index (χ2n) is 5.17. The van der Waals surface area contributed by atoms with E-state index in [0.717, 1.165) is 30.9 Å². The van der Waals surface area contributed by atoms with E-state index in [1.807, 2.05) is 11.8 Å². The van der Waals surface area contributed by atoms with E-state index in [2.05, 4.69) is 30.4 Å². The van der Waals surface area contributed by atoms with E-state index in [-0.39, 0.29) is 6.61 Å². The fraction of sp³-hybridized carbons (Fsp3) is 0.625. The summed E-state index contributed by atoms with van der Waals surface area (Å²) in [5, 5.41) is 13.3. The van der Waals surface area contributed by atoms with Crippen molar-refractivity contribution in [3.63, 3.8) is 0 Å². The second-order valence-corrected chi connectivity index (χ2v) is 6.52. The van der Waals surface area contributed by atoms with E-state index in [1.165, 1.54) is 17.5 Å². The number of aliphatic hydroxyl groups is 1. The molecular formula is C16H25NO2S. The number of thioether (sulfide) groups is 1. The Balaban J connectivity index is 2.22. The van der Waals surface area contributed by atoms with Crippen molar-refractivity contribution in [1.82, 2.24) is 5.32 Å². The van der Waals surface area contributed by atoms with Crippen LogP contribution in [0.4, 0.5) is 0 Å². The molecule has 1 aliphatic carbocycles. The van der Waals surface area contributed by atoms with Crippen LogP contribution in [0.2, 0.25) is 0 Å². The van der Waals surface area contributed by atoms with Gasteiger partial charge in [0.25, 0.3) is 0 Å². The highest BCUT2D eigenvalue weighted by Crippen LogP contribution is 2.38. The maximum Gasteiger partial charge on any atom is 0.119 e. The normalized spacial score (nSPS) is 21.6. The quantitative estimate of drug-likeness (QED) is 0.811. The minimum atomic E-state index is 0.257. The fourth-order valence-electron chi connectivity index (χ4n) is 2.81. The molecule has 112 valence electrons. The van der Waals surface area contributed by atoms with Gasteiger partial charge in [0.2, 0.25) is 0 Å². The third-order valence-electron chi connectivity index (χ3n) is 3.80.